The quantitative estimate of drug-likeness (QED) is 0.567. The van der Waals surface area contributed by atoms with Crippen molar-refractivity contribution in [2.45, 2.75) is 24.3 Å². The van der Waals surface area contributed by atoms with E-state index in [1.807, 2.05) is 30.3 Å². The summed E-state index contributed by atoms with van der Waals surface area (Å²) >= 11 is 0. The van der Waals surface area contributed by atoms with Crippen molar-refractivity contribution in [2.24, 2.45) is 0 Å². The molecule has 0 spiro atoms. The van der Waals surface area contributed by atoms with Crippen LogP contribution in [0.15, 0.2) is 71.6 Å². The Hall–Kier alpha value is -3.32. The van der Waals surface area contributed by atoms with Gasteiger partial charge in [-0.3, -0.25) is 0 Å². The highest BCUT2D eigenvalue weighted by molar-refractivity contribution is 7.90. The first-order chi connectivity index (χ1) is 14.3. The summed E-state index contributed by atoms with van der Waals surface area (Å²) in [5.41, 5.74) is 1.93. The maximum atomic E-state index is 12.0. The van der Waals surface area contributed by atoms with E-state index in [1.165, 1.54) is 12.1 Å². The van der Waals surface area contributed by atoms with Crippen LogP contribution < -0.4 is 4.74 Å². The number of carbonyl (C=O) groups is 1. The van der Waals surface area contributed by atoms with Crippen LogP contribution in [0.4, 0.5) is 0 Å². The van der Waals surface area contributed by atoms with E-state index in [-0.39, 0.29) is 16.2 Å². The Bertz CT molecular complexity index is 1150. The van der Waals surface area contributed by atoms with Crippen LogP contribution in [-0.2, 0) is 29.3 Å². The number of ether oxygens (including phenoxy) is 1. The van der Waals surface area contributed by atoms with Gasteiger partial charge in [-0.15, -0.1) is 0 Å². The third kappa shape index (κ3) is 5.18. The highest BCUT2D eigenvalue weighted by atomic mass is 32.2. The van der Waals surface area contributed by atoms with Crippen molar-refractivity contribution < 1.29 is 28.2 Å². The van der Waals surface area contributed by atoms with Crippen molar-refractivity contribution in [3.8, 4) is 11.5 Å². The summed E-state index contributed by atoms with van der Waals surface area (Å²) in [5, 5.41) is 19.4. The first-order valence-electron chi connectivity index (χ1n) is 9.29. The third-order valence-corrected chi connectivity index (χ3v) is 5.82. The molecule has 0 saturated carbocycles. The van der Waals surface area contributed by atoms with Crippen molar-refractivity contribution >= 4 is 15.8 Å². The Kier molecular flexibility index (Phi) is 6.42. The number of rotatable bonds is 8. The molecule has 3 rings (SSSR count). The largest absolute Gasteiger partial charge is 0.507 e. The van der Waals surface area contributed by atoms with Crippen molar-refractivity contribution in [3.63, 3.8) is 0 Å². The lowest BCUT2D eigenvalue weighted by Crippen LogP contribution is -2.04. The van der Waals surface area contributed by atoms with Crippen LogP contribution in [-0.4, -0.2) is 30.9 Å². The van der Waals surface area contributed by atoms with Crippen LogP contribution >= 0.6 is 0 Å². The molecule has 2 N–H and O–H groups in total. The summed E-state index contributed by atoms with van der Waals surface area (Å²) in [6.07, 6.45) is 1.82. The topological polar surface area (TPSA) is 101 Å². The van der Waals surface area contributed by atoms with Crippen molar-refractivity contribution in [1.29, 1.82) is 0 Å². The monoisotopic (exact) mass is 426 g/mol. The molecule has 0 heterocycles. The summed E-state index contributed by atoms with van der Waals surface area (Å²) in [4.78, 5) is 11.4. The number of hydrogen-bond acceptors (Lipinski definition) is 5. The van der Waals surface area contributed by atoms with Crippen LogP contribution in [0.25, 0.3) is 0 Å². The molecular formula is C23H22O6S. The molecular weight excluding hydrogens is 404 g/mol. The summed E-state index contributed by atoms with van der Waals surface area (Å²) in [6.45, 7) is 0.325. The van der Waals surface area contributed by atoms with Crippen molar-refractivity contribution in [3.05, 3.63) is 89.0 Å². The van der Waals surface area contributed by atoms with Crippen LogP contribution in [0.5, 0.6) is 11.5 Å². The minimum Gasteiger partial charge on any atom is -0.507 e. The van der Waals surface area contributed by atoms with Gasteiger partial charge in [-0.05, 0) is 53.8 Å². The van der Waals surface area contributed by atoms with Crippen molar-refractivity contribution in [1.82, 2.24) is 0 Å². The van der Waals surface area contributed by atoms with Gasteiger partial charge in [-0.2, -0.15) is 0 Å². The number of hydrogen-bond donors (Lipinski definition) is 2. The number of aromatic carboxylic acids is 1. The van der Waals surface area contributed by atoms with E-state index < -0.39 is 15.8 Å². The summed E-state index contributed by atoms with van der Waals surface area (Å²) in [7, 11) is -3.40. The number of aryl methyl sites for hydroxylation is 2. The van der Waals surface area contributed by atoms with Gasteiger partial charge < -0.3 is 14.9 Å². The second kappa shape index (κ2) is 9.00. The van der Waals surface area contributed by atoms with Gasteiger partial charge in [-0.25, -0.2) is 13.2 Å². The number of para-hydroxylation sites is 1. The molecule has 7 heteroatoms. The SMILES string of the molecule is CS(=O)(=O)c1ccc(OCc2ccccc2)c(CCc2cccc(C(=O)O)c2O)c1. The first kappa shape index (κ1) is 21.4. The van der Waals surface area contributed by atoms with Crippen LogP contribution in [0, 0.1) is 0 Å². The van der Waals surface area contributed by atoms with Gasteiger partial charge in [0.15, 0.2) is 9.84 Å². The fourth-order valence-electron chi connectivity index (χ4n) is 3.09. The van der Waals surface area contributed by atoms with Gasteiger partial charge in [0, 0.05) is 6.26 Å². The molecule has 3 aromatic rings. The molecule has 0 fully saturated rings. The molecule has 3 aromatic carbocycles. The number of carboxylic acid groups (broad SMARTS) is 1. The lowest BCUT2D eigenvalue weighted by Gasteiger charge is -2.14. The molecule has 6 nitrogen and oxygen atoms in total. The van der Waals surface area contributed by atoms with E-state index in [0.717, 1.165) is 11.8 Å². The highest BCUT2D eigenvalue weighted by Crippen LogP contribution is 2.28. The zero-order chi connectivity index (χ0) is 21.7. The van der Waals surface area contributed by atoms with Gasteiger partial charge in [0.05, 0.1) is 4.90 Å². The zero-order valence-corrected chi connectivity index (χ0v) is 17.2. The van der Waals surface area contributed by atoms with Gasteiger partial charge in [-0.1, -0.05) is 42.5 Å². The average molecular weight is 426 g/mol. The van der Waals surface area contributed by atoms with E-state index in [9.17, 15) is 23.4 Å². The number of phenols is 1. The molecule has 0 radical (unpaired) electrons. The Morgan fingerprint density at radius 3 is 2.30 bits per heavy atom. The van der Waals surface area contributed by atoms with Crippen molar-refractivity contribution in [2.75, 3.05) is 6.26 Å². The number of aromatic hydroxyl groups is 1. The molecule has 0 aliphatic heterocycles. The summed E-state index contributed by atoms with van der Waals surface area (Å²) in [6, 6.07) is 18.8. The lowest BCUT2D eigenvalue weighted by molar-refractivity contribution is 0.0693. The normalized spacial score (nSPS) is 11.2. The Morgan fingerprint density at radius 2 is 1.63 bits per heavy atom. The standard InChI is InChI=1S/C23H22O6S/c1-30(27,28)19-12-13-21(29-15-16-6-3-2-4-7-16)18(14-19)11-10-17-8-5-9-20(22(17)24)23(25)26/h2-9,12-14,24H,10-11,15H2,1H3,(H,25,26). The Morgan fingerprint density at radius 1 is 0.933 bits per heavy atom. The van der Waals surface area contributed by atoms with E-state index in [2.05, 4.69) is 0 Å². The smallest absolute Gasteiger partial charge is 0.339 e. The van der Waals surface area contributed by atoms with Gasteiger partial charge in [0.25, 0.3) is 0 Å². The van der Waals surface area contributed by atoms with E-state index in [0.29, 0.717) is 36.3 Å². The fraction of sp³-hybridized carbons (Fsp3) is 0.174. The minimum atomic E-state index is -3.40. The molecule has 156 valence electrons. The van der Waals surface area contributed by atoms with E-state index in [4.69, 9.17) is 4.74 Å². The highest BCUT2D eigenvalue weighted by Gasteiger charge is 2.16. The molecule has 0 atom stereocenters. The Balaban J connectivity index is 1.87. The zero-order valence-electron chi connectivity index (χ0n) is 16.4. The molecule has 0 aromatic heterocycles. The molecule has 0 saturated heterocycles. The van der Waals surface area contributed by atoms with E-state index in [1.54, 1.807) is 24.3 Å². The lowest BCUT2D eigenvalue weighted by atomic mass is 10.0. The molecule has 0 aliphatic rings. The summed E-state index contributed by atoms with van der Waals surface area (Å²) in [5.74, 6) is -0.948. The maximum absolute atomic E-state index is 12.0. The number of benzene rings is 3. The van der Waals surface area contributed by atoms with Crippen LogP contribution in [0.1, 0.15) is 27.0 Å². The fourth-order valence-corrected chi connectivity index (χ4v) is 3.76. The summed E-state index contributed by atoms with van der Waals surface area (Å²) < 4.78 is 29.9. The second-order valence-electron chi connectivity index (χ2n) is 6.93. The number of sulfone groups is 1. The Labute approximate surface area is 175 Å². The first-order valence-corrected chi connectivity index (χ1v) is 11.2. The van der Waals surface area contributed by atoms with Gasteiger partial charge in [0.1, 0.15) is 23.7 Å². The maximum Gasteiger partial charge on any atom is 0.339 e. The van der Waals surface area contributed by atoms with Crippen LogP contribution in [0.2, 0.25) is 0 Å². The molecule has 30 heavy (non-hydrogen) atoms. The molecule has 0 bridgehead atoms. The van der Waals surface area contributed by atoms with Crippen LogP contribution in [0.3, 0.4) is 0 Å². The predicted octanol–water partition coefficient (Wildman–Crippen LogP) is 3.86. The number of carboxylic acids is 1. The van der Waals surface area contributed by atoms with Gasteiger partial charge in [0.2, 0.25) is 0 Å². The molecule has 0 unspecified atom stereocenters. The second-order valence-corrected chi connectivity index (χ2v) is 8.95. The van der Waals surface area contributed by atoms with E-state index >= 15 is 0 Å². The van der Waals surface area contributed by atoms with Gasteiger partial charge >= 0.3 is 5.97 Å². The third-order valence-electron chi connectivity index (χ3n) is 4.71. The average Bonchev–Trinajstić information content (AvgIpc) is 2.71. The predicted molar refractivity (Wildman–Crippen MR) is 113 cm³/mol. The minimum absolute atomic E-state index is 0.169. The molecule has 0 aliphatic carbocycles. The molecule has 0 amide bonds.